The van der Waals surface area contributed by atoms with Crippen molar-refractivity contribution in [2.45, 2.75) is 68.1 Å². The topological polar surface area (TPSA) is 71.2 Å². The Kier molecular flexibility index (Phi) is 4.21. The zero-order valence-electron chi connectivity index (χ0n) is 13.1. The van der Waals surface area contributed by atoms with Crippen molar-refractivity contribution in [1.82, 2.24) is 14.8 Å². The van der Waals surface area contributed by atoms with Gasteiger partial charge in [0.1, 0.15) is 11.3 Å². The van der Waals surface area contributed by atoms with Crippen LogP contribution >= 0.6 is 23.1 Å². The number of aromatic nitrogens is 3. The number of hydrogen-bond donors (Lipinski definition) is 2. The lowest BCUT2D eigenvalue weighted by Crippen LogP contribution is -2.19. The first-order valence-electron chi connectivity index (χ1n) is 8.22. The van der Waals surface area contributed by atoms with Gasteiger partial charge < -0.3 is 10.2 Å². The van der Waals surface area contributed by atoms with Gasteiger partial charge in [-0.3, -0.25) is 4.57 Å². The monoisotopic (exact) mass is 351 g/mol. The molecular weight excluding hydrogens is 330 g/mol. The Morgan fingerprint density at radius 3 is 2.70 bits per heavy atom. The Bertz CT molecular complexity index is 706. The van der Waals surface area contributed by atoms with Crippen LogP contribution < -0.4 is 0 Å². The highest BCUT2D eigenvalue weighted by atomic mass is 32.2. The predicted molar refractivity (Wildman–Crippen MR) is 91.4 cm³/mol. The summed E-state index contributed by atoms with van der Waals surface area (Å²) in [7, 11) is 0. The SMILES string of the molecule is CC(Sc1nncn1-c1sc(C2CC2)c2c1CCCC2)C(O)O. The minimum Gasteiger partial charge on any atom is -0.367 e. The Morgan fingerprint density at radius 2 is 2.00 bits per heavy atom. The van der Waals surface area contributed by atoms with Crippen molar-refractivity contribution in [1.29, 1.82) is 0 Å². The summed E-state index contributed by atoms with van der Waals surface area (Å²) in [6.45, 7) is 1.79. The first-order chi connectivity index (χ1) is 11.1. The zero-order chi connectivity index (χ0) is 16.0. The van der Waals surface area contributed by atoms with E-state index in [1.165, 1.54) is 54.4 Å². The third-order valence-electron chi connectivity index (χ3n) is 4.62. The normalized spacial score (nSPS) is 19.1. The van der Waals surface area contributed by atoms with E-state index in [0.29, 0.717) is 0 Å². The van der Waals surface area contributed by atoms with Crippen molar-refractivity contribution in [2.24, 2.45) is 0 Å². The van der Waals surface area contributed by atoms with Gasteiger partial charge in [-0.1, -0.05) is 11.8 Å². The summed E-state index contributed by atoms with van der Waals surface area (Å²) in [5.74, 6) is 0.770. The number of aliphatic hydroxyl groups excluding tert-OH is 1. The number of thiophene rings is 1. The lowest BCUT2D eigenvalue weighted by atomic mass is 9.92. The zero-order valence-corrected chi connectivity index (χ0v) is 14.7. The molecule has 2 aromatic heterocycles. The molecule has 4 rings (SSSR count). The summed E-state index contributed by atoms with van der Waals surface area (Å²) in [6.07, 6.45) is 7.92. The van der Waals surface area contributed by atoms with Crippen LogP contribution in [0.5, 0.6) is 0 Å². The van der Waals surface area contributed by atoms with Crippen LogP contribution in [0.1, 0.15) is 54.5 Å². The van der Waals surface area contributed by atoms with E-state index in [2.05, 4.69) is 10.2 Å². The lowest BCUT2D eigenvalue weighted by molar-refractivity contribution is -0.0367. The number of hydrogen-bond acceptors (Lipinski definition) is 6. The number of fused-ring (bicyclic) bond motifs is 1. The Morgan fingerprint density at radius 1 is 1.26 bits per heavy atom. The minimum atomic E-state index is -1.36. The van der Waals surface area contributed by atoms with Crippen LogP contribution in [-0.2, 0) is 12.8 Å². The third kappa shape index (κ3) is 2.95. The van der Waals surface area contributed by atoms with Gasteiger partial charge in [-0.05, 0) is 62.5 Å². The Balaban J connectivity index is 1.72. The van der Waals surface area contributed by atoms with Gasteiger partial charge in [-0.2, -0.15) is 0 Å². The van der Waals surface area contributed by atoms with Crippen LogP contribution in [0.2, 0.25) is 0 Å². The van der Waals surface area contributed by atoms with Crippen LogP contribution in [0.4, 0.5) is 0 Å². The number of aliphatic hydroxyl groups is 2. The van der Waals surface area contributed by atoms with Gasteiger partial charge in [-0.15, -0.1) is 21.5 Å². The van der Waals surface area contributed by atoms with E-state index in [-0.39, 0.29) is 5.25 Å². The highest BCUT2D eigenvalue weighted by Gasteiger charge is 2.32. The van der Waals surface area contributed by atoms with Crippen molar-refractivity contribution in [3.05, 3.63) is 22.3 Å². The fourth-order valence-corrected chi connectivity index (χ4v) is 5.58. The summed E-state index contributed by atoms with van der Waals surface area (Å²) in [5, 5.41) is 28.6. The minimum absolute atomic E-state index is 0.336. The molecule has 1 unspecified atom stereocenters. The standard InChI is InChI=1S/C16H21N3O2S2/c1-9(15(20)21)22-16-18-17-8-19(16)14-12-5-3-2-4-11(12)13(23-14)10-6-7-10/h8-10,15,20-21H,2-7H2,1H3. The highest BCUT2D eigenvalue weighted by Crippen LogP contribution is 2.50. The van der Waals surface area contributed by atoms with E-state index < -0.39 is 6.29 Å². The summed E-state index contributed by atoms with van der Waals surface area (Å²) in [5.41, 5.74) is 3.06. The van der Waals surface area contributed by atoms with Gasteiger partial charge in [-0.25, -0.2) is 0 Å². The van der Waals surface area contributed by atoms with E-state index in [1.807, 2.05) is 15.9 Å². The molecule has 1 fully saturated rings. The van der Waals surface area contributed by atoms with E-state index in [9.17, 15) is 10.2 Å². The molecule has 1 saturated carbocycles. The summed E-state index contributed by atoms with van der Waals surface area (Å²) < 4.78 is 2.05. The van der Waals surface area contributed by atoms with Crippen LogP contribution in [0.3, 0.4) is 0 Å². The molecule has 2 heterocycles. The number of rotatable bonds is 5. The van der Waals surface area contributed by atoms with Gasteiger partial charge in [0, 0.05) is 4.88 Å². The number of nitrogens with zero attached hydrogens (tertiary/aromatic N) is 3. The van der Waals surface area contributed by atoms with Crippen molar-refractivity contribution >= 4 is 23.1 Å². The summed E-state index contributed by atoms with van der Waals surface area (Å²) >= 11 is 3.26. The molecular formula is C16H21N3O2S2. The van der Waals surface area contributed by atoms with Crippen LogP contribution in [0.15, 0.2) is 11.5 Å². The molecule has 1 atom stereocenters. The highest BCUT2D eigenvalue weighted by molar-refractivity contribution is 7.99. The van der Waals surface area contributed by atoms with Crippen LogP contribution in [0.25, 0.3) is 5.00 Å². The molecule has 0 spiro atoms. The molecule has 0 aliphatic heterocycles. The fraction of sp³-hybridized carbons (Fsp3) is 0.625. The Hall–Kier alpha value is -0.890. The fourth-order valence-electron chi connectivity index (χ4n) is 3.18. The molecule has 0 bridgehead atoms. The smallest absolute Gasteiger partial charge is 0.196 e. The lowest BCUT2D eigenvalue weighted by Gasteiger charge is -2.16. The first-order valence-corrected chi connectivity index (χ1v) is 9.92. The average Bonchev–Trinajstić information content (AvgIpc) is 3.17. The molecule has 0 aromatic carbocycles. The average molecular weight is 351 g/mol. The quantitative estimate of drug-likeness (QED) is 0.640. The molecule has 23 heavy (non-hydrogen) atoms. The van der Waals surface area contributed by atoms with Crippen molar-refractivity contribution < 1.29 is 10.2 Å². The predicted octanol–water partition coefficient (Wildman–Crippen LogP) is 2.88. The second-order valence-electron chi connectivity index (χ2n) is 6.43. The molecule has 2 aromatic rings. The van der Waals surface area contributed by atoms with Gasteiger partial charge in [0.15, 0.2) is 11.4 Å². The first kappa shape index (κ1) is 15.6. The van der Waals surface area contributed by atoms with E-state index in [1.54, 1.807) is 23.7 Å². The Labute approximate surface area is 143 Å². The van der Waals surface area contributed by atoms with E-state index in [0.717, 1.165) is 17.5 Å². The van der Waals surface area contributed by atoms with Crippen LogP contribution in [0, 0.1) is 0 Å². The molecule has 124 valence electrons. The molecule has 2 aliphatic rings. The molecule has 0 amide bonds. The summed E-state index contributed by atoms with van der Waals surface area (Å²) in [6, 6.07) is 0. The molecule has 0 saturated heterocycles. The third-order valence-corrected chi connectivity index (χ3v) is 7.17. The molecule has 2 aliphatic carbocycles. The van der Waals surface area contributed by atoms with E-state index in [4.69, 9.17) is 0 Å². The maximum atomic E-state index is 9.34. The van der Waals surface area contributed by atoms with Gasteiger partial charge in [0.2, 0.25) is 0 Å². The van der Waals surface area contributed by atoms with Crippen LogP contribution in [-0.4, -0.2) is 36.5 Å². The molecule has 2 N–H and O–H groups in total. The van der Waals surface area contributed by atoms with Crippen molar-refractivity contribution in [3.63, 3.8) is 0 Å². The van der Waals surface area contributed by atoms with Gasteiger partial charge in [0.05, 0.1) is 5.25 Å². The van der Waals surface area contributed by atoms with Gasteiger partial charge in [0.25, 0.3) is 0 Å². The number of thioether (sulfide) groups is 1. The largest absolute Gasteiger partial charge is 0.367 e. The molecule has 7 heteroatoms. The molecule has 0 radical (unpaired) electrons. The molecule has 5 nitrogen and oxygen atoms in total. The van der Waals surface area contributed by atoms with Crippen molar-refractivity contribution in [2.75, 3.05) is 0 Å². The van der Waals surface area contributed by atoms with Gasteiger partial charge >= 0.3 is 0 Å². The maximum Gasteiger partial charge on any atom is 0.196 e. The second kappa shape index (κ2) is 6.20. The maximum absolute atomic E-state index is 9.34. The van der Waals surface area contributed by atoms with Crippen molar-refractivity contribution in [3.8, 4) is 5.00 Å². The summed E-state index contributed by atoms with van der Waals surface area (Å²) in [4.78, 5) is 1.58. The second-order valence-corrected chi connectivity index (χ2v) is 8.81. The van der Waals surface area contributed by atoms with E-state index >= 15 is 0 Å².